The largest absolute Gasteiger partial charge is 0.352 e. The van der Waals surface area contributed by atoms with Gasteiger partial charge in [-0.25, -0.2) is 0 Å². The van der Waals surface area contributed by atoms with Gasteiger partial charge < -0.3 is 9.80 Å². The first-order valence-electron chi connectivity index (χ1n) is 9.61. The molecule has 0 spiro atoms. The van der Waals surface area contributed by atoms with Crippen LogP contribution in [-0.4, -0.2) is 52.1 Å². The molecule has 32 heavy (non-hydrogen) atoms. The van der Waals surface area contributed by atoms with E-state index in [4.69, 9.17) is 34.8 Å². The van der Waals surface area contributed by atoms with Crippen LogP contribution in [0, 0.1) is 10.1 Å². The van der Waals surface area contributed by atoms with Crippen molar-refractivity contribution in [2.45, 2.75) is 0 Å². The number of aromatic nitrogens is 2. The van der Waals surface area contributed by atoms with Gasteiger partial charge in [0.15, 0.2) is 5.82 Å². The van der Waals surface area contributed by atoms with Crippen LogP contribution < -0.4 is 4.90 Å². The standard InChI is InChI=1S/C21H16Cl3N5O3/c22-13-1-3-15(18(24)11-13)19-5-6-20(26-25-19)27-7-9-28(10-8-27)21(30)16-12-14(29(31)32)2-4-17(16)23/h1-6,11-12H,7-10H2. The lowest BCUT2D eigenvalue weighted by molar-refractivity contribution is -0.384. The van der Waals surface area contributed by atoms with E-state index in [0.29, 0.717) is 47.7 Å². The molecule has 11 heteroatoms. The molecule has 1 aliphatic heterocycles. The topological polar surface area (TPSA) is 92.5 Å². The SMILES string of the molecule is O=C(c1cc([N+](=O)[O-])ccc1Cl)N1CCN(c2ccc(-c3ccc(Cl)cc3Cl)nn2)CC1. The van der Waals surface area contributed by atoms with Gasteiger partial charge in [-0.3, -0.25) is 14.9 Å². The highest BCUT2D eigenvalue weighted by Gasteiger charge is 2.26. The number of anilines is 1. The molecule has 1 amide bonds. The predicted molar refractivity (Wildman–Crippen MR) is 124 cm³/mol. The average Bonchev–Trinajstić information content (AvgIpc) is 2.79. The highest BCUT2D eigenvalue weighted by atomic mass is 35.5. The highest BCUT2D eigenvalue weighted by molar-refractivity contribution is 6.36. The van der Waals surface area contributed by atoms with E-state index in [9.17, 15) is 14.9 Å². The molecule has 3 aromatic rings. The number of piperazine rings is 1. The number of nitrogens with zero attached hydrogens (tertiary/aromatic N) is 5. The summed E-state index contributed by atoms with van der Waals surface area (Å²) < 4.78 is 0. The van der Waals surface area contributed by atoms with Crippen LogP contribution in [0.2, 0.25) is 15.1 Å². The zero-order valence-corrected chi connectivity index (χ0v) is 18.8. The lowest BCUT2D eigenvalue weighted by atomic mass is 10.1. The Labute approximate surface area is 198 Å². The van der Waals surface area contributed by atoms with Gasteiger partial charge in [-0.15, -0.1) is 10.2 Å². The van der Waals surface area contributed by atoms with E-state index in [1.807, 2.05) is 17.0 Å². The Morgan fingerprint density at radius 1 is 0.906 bits per heavy atom. The summed E-state index contributed by atoms with van der Waals surface area (Å²) in [4.78, 5) is 26.9. The van der Waals surface area contributed by atoms with Crippen molar-refractivity contribution in [3.05, 3.63) is 79.3 Å². The molecule has 0 unspecified atom stereocenters. The second-order valence-corrected chi connectivity index (χ2v) is 8.35. The van der Waals surface area contributed by atoms with Crippen LogP contribution in [0.4, 0.5) is 11.5 Å². The first-order chi connectivity index (χ1) is 15.3. The molecule has 0 saturated carbocycles. The summed E-state index contributed by atoms with van der Waals surface area (Å²) in [6, 6.07) is 12.7. The minimum absolute atomic E-state index is 0.123. The fourth-order valence-electron chi connectivity index (χ4n) is 3.43. The second kappa shape index (κ2) is 9.28. The Balaban J connectivity index is 1.43. The summed E-state index contributed by atoms with van der Waals surface area (Å²) in [5, 5.41) is 20.8. The fraction of sp³-hybridized carbons (Fsp3) is 0.190. The number of nitro groups is 1. The molecule has 2 aromatic carbocycles. The van der Waals surface area contributed by atoms with Gasteiger partial charge in [0.05, 0.1) is 26.2 Å². The molecular weight excluding hydrogens is 477 g/mol. The molecule has 1 aromatic heterocycles. The third-order valence-corrected chi connectivity index (χ3v) is 6.02. The first kappa shape index (κ1) is 22.3. The van der Waals surface area contributed by atoms with Gasteiger partial charge in [-0.1, -0.05) is 34.8 Å². The monoisotopic (exact) mass is 491 g/mol. The van der Waals surface area contributed by atoms with Crippen molar-refractivity contribution in [3.63, 3.8) is 0 Å². The molecule has 4 rings (SSSR count). The van der Waals surface area contributed by atoms with Crippen LogP contribution >= 0.6 is 34.8 Å². The summed E-state index contributed by atoms with van der Waals surface area (Å²) in [5.41, 5.74) is 1.31. The molecule has 0 N–H and O–H groups in total. The lowest BCUT2D eigenvalue weighted by Crippen LogP contribution is -2.49. The maximum Gasteiger partial charge on any atom is 0.270 e. The minimum atomic E-state index is -0.551. The Hall–Kier alpha value is -2.94. The van der Waals surface area contributed by atoms with E-state index in [1.54, 1.807) is 23.1 Å². The van der Waals surface area contributed by atoms with Gasteiger partial charge in [0.1, 0.15) is 0 Å². The van der Waals surface area contributed by atoms with E-state index in [-0.39, 0.29) is 22.2 Å². The Morgan fingerprint density at radius 3 is 2.28 bits per heavy atom. The summed E-state index contributed by atoms with van der Waals surface area (Å²) >= 11 is 18.3. The summed E-state index contributed by atoms with van der Waals surface area (Å²) in [6.07, 6.45) is 0. The second-order valence-electron chi connectivity index (χ2n) is 7.10. The van der Waals surface area contributed by atoms with Crippen LogP contribution in [0.3, 0.4) is 0 Å². The number of carbonyl (C=O) groups is 1. The van der Waals surface area contributed by atoms with E-state index in [0.717, 1.165) is 5.56 Å². The molecule has 2 heterocycles. The van der Waals surface area contributed by atoms with E-state index in [2.05, 4.69) is 10.2 Å². The molecule has 0 aliphatic carbocycles. The molecular formula is C21H16Cl3N5O3. The zero-order valence-electron chi connectivity index (χ0n) is 16.5. The third kappa shape index (κ3) is 4.62. The van der Waals surface area contributed by atoms with Crippen molar-refractivity contribution in [2.24, 2.45) is 0 Å². The number of hydrogen-bond donors (Lipinski definition) is 0. The molecule has 164 valence electrons. The fourth-order valence-corrected chi connectivity index (χ4v) is 4.14. The average molecular weight is 493 g/mol. The molecule has 1 aliphatic rings. The van der Waals surface area contributed by atoms with Crippen LogP contribution in [-0.2, 0) is 0 Å². The maximum atomic E-state index is 12.8. The number of halogens is 3. The quantitative estimate of drug-likeness (QED) is 0.377. The van der Waals surface area contributed by atoms with Gasteiger partial charge in [0.25, 0.3) is 11.6 Å². The van der Waals surface area contributed by atoms with Gasteiger partial charge in [-0.2, -0.15) is 0 Å². The summed E-state index contributed by atoms with van der Waals surface area (Å²) in [5.74, 6) is 0.344. The number of carbonyl (C=O) groups excluding carboxylic acids is 1. The third-order valence-electron chi connectivity index (χ3n) is 5.14. The predicted octanol–water partition coefficient (Wildman–Crippen LogP) is 4.97. The Bertz CT molecular complexity index is 1180. The number of benzene rings is 2. The molecule has 1 saturated heterocycles. The van der Waals surface area contributed by atoms with Gasteiger partial charge in [0, 0.05) is 48.9 Å². The molecule has 1 fully saturated rings. The molecule has 0 bridgehead atoms. The first-order valence-corrected chi connectivity index (χ1v) is 10.7. The Kier molecular flexibility index (Phi) is 6.45. The minimum Gasteiger partial charge on any atom is -0.352 e. The van der Waals surface area contributed by atoms with Gasteiger partial charge in [0.2, 0.25) is 0 Å². The van der Waals surface area contributed by atoms with Crippen molar-refractivity contribution >= 4 is 52.2 Å². The normalized spacial score (nSPS) is 13.8. The maximum absolute atomic E-state index is 12.8. The van der Waals surface area contributed by atoms with Crippen LogP contribution in [0.25, 0.3) is 11.3 Å². The van der Waals surface area contributed by atoms with Crippen LogP contribution in [0.1, 0.15) is 10.4 Å². The summed E-state index contributed by atoms with van der Waals surface area (Å²) in [7, 11) is 0. The van der Waals surface area contributed by atoms with E-state index < -0.39 is 4.92 Å². The van der Waals surface area contributed by atoms with Crippen molar-refractivity contribution in [1.29, 1.82) is 0 Å². The summed E-state index contributed by atoms with van der Waals surface area (Å²) in [6.45, 7) is 1.91. The highest BCUT2D eigenvalue weighted by Crippen LogP contribution is 2.29. The van der Waals surface area contributed by atoms with E-state index in [1.165, 1.54) is 18.2 Å². The van der Waals surface area contributed by atoms with E-state index >= 15 is 0 Å². The number of hydrogen-bond acceptors (Lipinski definition) is 6. The van der Waals surface area contributed by atoms with Gasteiger partial charge in [-0.05, 0) is 36.4 Å². The number of non-ortho nitro benzene ring substituents is 1. The lowest BCUT2D eigenvalue weighted by Gasteiger charge is -2.35. The smallest absolute Gasteiger partial charge is 0.270 e. The molecule has 0 radical (unpaired) electrons. The van der Waals surface area contributed by atoms with Gasteiger partial charge >= 0.3 is 0 Å². The molecule has 8 nitrogen and oxygen atoms in total. The molecule has 0 atom stereocenters. The van der Waals surface area contributed by atoms with Crippen molar-refractivity contribution in [1.82, 2.24) is 15.1 Å². The number of rotatable bonds is 4. The van der Waals surface area contributed by atoms with Crippen LogP contribution in [0.5, 0.6) is 0 Å². The van der Waals surface area contributed by atoms with Crippen molar-refractivity contribution in [3.8, 4) is 11.3 Å². The zero-order chi connectivity index (χ0) is 22.8. The Morgan fingerprint density at radius 2 is 1.66 bits per heavy atom. The van der Waals surface area contributed by atoms with Crippen molar-refractivity contribution < 1.29 is 9.72 Å². The van der Waals surface area contributed by atoms with Crippen molar-refractivity contribution in [2.75, 3.05) is 31.1 Å². The number of nitro benzene ring substituents is 1. The van der Waals surface area contributed by atoms with Crippen LogP contribution in [0.15, 0.2) is 48.5 Å². The number of amides is 1.